The summed E-state index contributed by atoms with van der Waals surface area (Å²) in [4.78, 5) is 0. The molecule has 0 heterocycles. The molecule has 0 atom stereocenters. The van der Waals surface area contributed by atoms with Gasteiger partial charge in [0, 0.05) is 0 Å². The van der Waals surface area contributed by atoms with E-state index in [1.54, 1.807) is 0 Å². The number of rotatable bonds is 9. The van der Waals surface area contributed by atoms with E-state index in [2.05, 4.69) is 44.0 Å². The highest BCUT2D eigenvalue weighted by Crippen LogP contribution is 2.42. The van der Waals surface area contributed by atoms with Gasteiger partial charge in [-0.1, -0.05) is 87.9 Å². The Kier molecular flexibility index (Phi) is 7.72. The van der Waals surface area contributed by atoms with Gasteiger partial charge in [-0.15, -0.1) is 0 Å². The van der Waals surface area contributed by atoms with Gasteiger partial charge in [-0.3, -0.25) is 4.55 Å². The van der Waals surface area contributed by atoms with Crippen molar-refractivity contribution < 1.29 is 13.0 Å². The topological polar surface area (TPSA) is 54.4 Å². The van der Waals surface area contributed by atoms with E-state index >= 15 is 0 Å². The molecule has 0 aliphatic rings. The van der Waals surface area contributed by atoms with Crippen LogP contribution in [-0.2, 0) is 13.4 Å². The third kappa shape index (κ3) is 7.76. The predicted molar refractivity (Wildman–Crippen MR) is 90.1 cm³/mol. The first kappa shape index (κ1) is 18.1. The van der Waals surface area contributed by atoms with Crippen molar-refractivity contribution in [2.24, 2.45) is 0 Å². The van der Waals surface area contributed by atoms with E-state index in [1.165, 1.54) is 5.56 Å². The Morgan fingerprint density at radius 3 is 2.10 bits per heavy atom. The maximum atomic E-state index is 10.6. The minimum absolute atomic E-state index is 0.127. The van der Waals surface area contributed by atoms with E-state index in [0.29, 0.717) is 6.42 Å². The van der Waals surface area contributed by atoms with E-state index < -0.39 is 10.1 Å². The number of halogens is 2. The van der Waals surface area contributed by atoms with Crippen molar-refractivity contribution in [2.75, 3.05) is 5.75 Å². The number of alkyl halides is 2. The van der Waals surface area contributed by atoms with Crippen LogP contribution in [-0.4, -0.2) is 18.7 Å². The summed E-state index contributed by atoms with van der Waals surface area (Å²) in [5.41, 5.74) is 1.20. The minimum atomic E-state index is -3.79. The molecule has 1 rings (SSSR count). The second-order valence-electron chi connectivity index (χ2n) is 4.87. The molecule has 0 saturated heterocycles. The second-order valence-corrected chi connectivity index (χ2v) is 10.2. The first-order valence-electron chi connectivity index (χ1n) is 6.70. The SMILES string of the molecule is O=S(=O)(O)CCCCCCCC(Br)(Br)c1ccccc1. The molecule has 1 N–H and O–H groups in total. The lowest BCUT2D eigenvalue weighted by Crippen LogP contribution is -2.08. The van der Waals surface area contributed by atoms with Crippen molar-refractivity contribution in [3.63, 3.8) is 0 Å². The summed E-state index contributed by atoms with van der Waals surface area (Å²) in [6.45, 7) is 0. The Morgan fingerprint density at radius 2 is 1.50 bits per heavy atom. The van der Waals surface area contributed by atoms with Crippen molar-refractivity contribution >= 4 is 42.0 Å². The molecule has 0 aliphatic carbocycles. The fourth-order valence-corrected chi connectivity index (χ4v) is 3.65. The van der Waals surface area contributed by atoms with Gasteiger partial charge in [0.2, 0.25) is 0 Å². The van der Waals surface area contributed by atoms with Gasteiger partial charge in [0.1, 0.15) is 3.23 Å². The highest BCUT2D eigenvalue weighted by Gasteiger charge is 2.23. The second kappa shape index (κ2) is 8.51. The van der Waals surface area contributed by atoms with Crippen LogP contribution >= 0.6 is 31.9 Å². The molecule has 0 unspecified atom stereocenters. The van der Waals surface area contributed by atoms with Crippen molar-refractivity contribution in [3.05, 3.63) is 35.9 Å². The standard InChI is InChI=1S/C14H20Br2O3S/c15-14(16,13-9-5-4-6-10-13)11-7-2-1-3-8-12-20(17,18)19/h4-6,9-10H,1-3,7-8,11-12H2,(H,17,18,19). The molecule has 0 radical (unpaired) electrons. The van der Waals surface area contributed by atoms with Crippen LogP contribution in [0.25, 0.3) is 0 Å². The Hall–Kier alpha value is 0.0900. The molecule has 3 nitrogen and oxygen atoms in total. The van der Waals surface area contributed by atoms with E-state index in [1.807, 2.05) is 18.2 Å². The minimum Gasteiger partial charge on any atom is -0.286 e. The number of benzene rings is 1. The summed E-state index contributed by atoms with van der Waals surface area (Å²) < 4.78 is 29.5. The van der Waals surface area contributed by atoms with Gasteiger partial charge in [-0.2, -0.15) is 8.42 Å². The molecule has 0 aliphatic heterocycles. The van der Waals surface area contributed by atoms with Gasteiger partial charge in [-0.05, 0) is 18.4 Å². The maximum absolute atomic E-state index is 10.6. The molecular formula is C14H20Br2O3S. The first-order valence-corrected chi connectivity index (χ1v) is 9.89. The lowest BCUT2D eigenvalue weighted by molar-refractivity contribution is 0.478. The van der Waals surface area contributed by atoms with Gasteiger partial charge in [0.15, 0.2) is 0 Å². The van der Waals surface area contributed by atoms with E-state index in [0.717, 1.165) is 32.1 Å². The van der Waals surface area contributed by atoms with Gasteiger partial charge < -0.3 is 0 Å². The highest BCUT2D eigenvalue weighted by atomic mass is 79.9. The maximum Gasteiger partial charge on any atom is 0.264 e. The lowest BCUT2D eigenvalue weighted by Gasteiger charge is -2.20. The van der Waals surface area contributed by atoms with Gasteiger partial charge in [0.25, 0.3) is 10.1 Å². The molecule has 20 heavy (non-hydrogen) atoms. The van der Waals surface area contributed by atoms with Crippen molar-refractivity contribution in [2.45, 2.75) is 41.8 Å². The third-order valence-corrected chi connectivity index (χ3v) is 5.60. The predicted octanol–water partition coefficient (Wildman–Crippen LogP) is 4.86. The Balaban J connectivity index is 2.18. The van der Waals surface area contributed by atoms with Crippen LogP contribution in [0, 0.1) is 0 Å². The Morgan fingerprint density at radius 1 is 0.950 bits per heavy atom. The van der Waals surface area contributed by atoms with Gasteiger partial charge in [0.05, 0.1) is 5.75 Å². The first-order chi connectivity index (χ1) is 9.31. The van der Waals surface area contributed by atoms with Gasteiger partial charge >= 0.3 is 0 Å². The number of hydrogen-bond acceptors (Lipinski definition) is 2. The van der Waals surface area contributed by atoms with Crippen LogP contribution in [0.4, 0.5) is 0 Å². The summed E-state index contributed by atoms with van der Waals surface area (Å²) in [7, 11) is -3.79. The molecule has 0 amide bonds. The van der Waals surface area contributed by atoms with Crippen LogP contribution in [0.3, 0.4) is 0 Å². The third-order valence-electron chi connectivity index (χ3n) is 3.09. The number of hydrogen-bond donors (Lipinski definition) is 1. The molecular weight excluding hydrogens is 408 g/mol. The average Bonchev–Trinajstić information content (AvgIpc) is 2.37. The molecule has 1 aromatic carbocycles. The summed E-state index contributed by atoms with van der Waals surface area (Å²) in [5, 5.41) is 0. The lowest BCUT2D eigenvalue weighted by atomic mass is 10.0. The average molecular weight is 428 g/mol. The Bertz CT molecular complexity index is 486. The normalized spacial score (nSPS) is 12.6. The summed E-state index contributed by atoms with van der Waals surface area (Å²) in [5.74, 6) is -0.127. The monoisotopic (exact) mass is 426 g/mol. The summed E-state index contributed by atoms with van der Waals surface area (Å²) >= 11 is 7.41. The quantitative estimate of drug-likeness (QED) is 0.348. The number of unbranched alkanes of at least 4 members (excludes halogenated alkanes) is 4. The largest absolute Gasteiger partial charge is 0.286 e. The van der Waals surface area contributed by atoms with Crippen molar-refractivity contribution in [1.82, 2.24) is 0 Å². The van der Waals surface area contributed by atoms with E-state index in [-0.39, 0.29) is 8.99 Å². The molecule has 0 bridgehead atoms. The molecule has 0 spiro atoms. The van der Waals surface area contributed by atoms with Crippen LogP contribution in [0.2, 0.25) is 0 Å². The Labute approximate surface area is 138 Å². The summed E-state index contributed by atoms with van der Waals surface area (Å²) in [6.07, 6.45) is 5.43. The van der Waals surface area contributed by atoms with Crippen LogP contribution < -0.4 is 0 Å². The fourth-order valence-electron chi connectivity index (χ4n) is 1.99. The zero-order valence-corrected chi connectivity index (χ0v) is 15.3. The highest BCUT2D eigenvalue weighted by molar-refractivity contribution is 9.24. The summed E-state index contributed by atoms with van der Waals surface area (Å²) in [6, 6.07) is 10.2. The molecule has 114 valence electrons. The smallest absolute Gasteiger partial charge is 0.264 e. The molecule has 0 saturated carbocycles. The van der Waals surface area contributed by atoms with E-state index in [4.69, 9.17) is 4.55 Å². The van der Waals surface area contributed by atoms with Gasteiger partial charge in [-0.25, -0.2) is 0 Å². The van der Waals surface area contributed by atoms with Crippen molar-refractivity contribution in [1.29, 1.82) is 0 Å². The molecule has 0 fully saturated rings. The molecule has 6 heteroatoms. The van der Waals surface area contributed by atoms with E-state index in [9.17, 15) is 8.42 Å². The van der Waals surface area contributed by atoms with Crippen LogP contribution in [0.15, 0.2) is 30.3 Å². The zero-order valence-electron chi connectivity index (χ0n) is 11.3. The zero-order chi connectivity index (χ0) is 15.1. The molecule has 0 aromatic heterocycles. The van der Waals surface area contributed by atoms with Crippen LogP contribution in [0.5, 0.6) is 0 Å². The fraction of sp³-hybridized carbons (Fsp3) is 0.571. The van der Waals surface area contributed by atoms with Crippen molar-refractivity contribution in [3.8, 4) is 0 Å². The van der Waals surface area contributed by atoms with Crippen LogP contribution in [0.1, 0.15) is 44.1 Å². The molecule has 1 aromatic rings.